The summed E-state index contributed by atoms with van der Waals surface area (Å²) in [4.78, 5) is 11.5. The highest BCUT2D eigenvalue weighted by Gasteiger charge is 2.05. The molecular weight excluding hydrogens is 376 g/mol. The monoisotopic (exact) mass is 394 g/mol. The summed E-state index contributed by atoms with van der Waals surface area (Å²) in [6, 6.07) is 22.0. The average molecular weight is 395 g/mol. The van der Waals surface area contributed by atoms with Crippen LogP contribution in [0.4, 0.5) is 5.69 Å². The molecule has 6 heteroatoms. The Bertz CT molecular complexity index is 954. The summed E-state index contributed by atoms with van der Waals surface area (Å²) >= 11 is 5.87. The van der Waals surface area contributed by atoms with Crippen molar-refractivity contribution < 1.29 is 14.3 Å². The molecule has 0 aliphatic rings. The van der Waals surface area contributed by atoms with Crippen LogP contribution in [0.5, 0.6) is 5.75 Å². The Hall–Kier alpha value is -3.31. The first kappa shape index (κ1) is 19.5. The molecule has 1 N–H and O–H groups in total. The van der Waals surface area contributed by atoms with E-state index in [2.05, 4.69) is 10.5 Å². The van der Waals surface area contributed by atoms with E-state index in [0.717, 1.165) is 16.8 Å². The van der Waals surface area contributed by atoms with Gasteiger partial charge in [-0.3, -0.25) is 5.43 Å². The van der Waals surface area contributed by atoms with Crippen LogP contribution < -0.4 is 10.2 Å². The number of anilines is 1. The Morgan fingerprint density at radius 2 is 1.75 bits per heavy atom. The van der Waals surface area contributed by atoms with E-state index < -0.39 is 0 Å². The van der Waals surface area contributed by atoms with Crippen LogP contribution >= 0.6 is 11.6 Å². The van der Waals surface area contributed by atoms with Crippen LogP contribution in [0.15, 0.2) is 77.9 Å². The van der Waals surface area contributed by atoms with Gasteiger partial charge in [-0.15, -0.1) is 0 Å². The van der Waals surface area contributed by atoms with Crippen molar-refractivity contribution in [3.63, 3.8) is 0 Å². The second kappa shape index (κ2) is 9.58. The van der Waals surface area contributed by atoms with Crippen molar-refractivity contribution in [2.24, 2.45) is 5.10 Å². The molecule has 3 aromatic rings. The predicted molar refractivity (Wildman–Crippen MR) is 111 cm³/mol. The number of hydrogen-bond donors (Lipinski definition) is 1. The van der Waals surface area contributed by atoms with Gasteiger partial charge in [0.1, 0.15) is 12.4 Å². The maximum atomic E-state index is 11.5. The highest BCUT2D eigenvalue weighted by molar-refractivity contribution is 6.30. The number of halogens is 1. The number of carbonyl (C=O) groups excluding carboxylic acids is 1. The molecular formula is C22H19ClN2O3. The molecule has 5 nitrogen and oxygen atoms in total. The molecule has 0 aliphatic heterocycles. The molecule has 0 bridgehead atoms. The lowest BCUT2D eigenvalue weighted by Crippen LogP contribution is -2.02. The minimum Gasteiger partial charge on any atom is -0.488 e. The number of hydrogen-bond acceptors (Lipinski definition) is 5. The molecule has 142 valence electrons. The number of esters is 1. The zero-order valence-corrected chi connectivity index (χ0v) is 16.0. The van der Waals surface area contributed by atoms with Crippen LogP contribution in [0.3, 0.4) is 0 Å². The van der Waals surface area contributed by atoms with E-state index in [1.807, 2.05) is 48.5 Å². The number of rotatable bonds is 7. The normalized spacial score (nSPS) is 10.6. The highest BCUT2D eigenvalue weighted by atomic mass is 35.5. The summed E-state index contributed by atoms with van der Waals surface area (Å²) in [6.45, 7) is 0.372. The first-order valence-electron chi connectivity index (χ1n) is 8.59. The van der Waals surface area contributed by atoms with Crippen LogP contribution in [0.25, 0.3) is 0 Å². The molecule has 0 radical (unpaired) electrons. The molecule has 3 aromatic carbocycles. The quantitative estimate of drug-likeness (QED) is 0.342. The minimum atomic E-state index is -0.359. The fourth-order valence-corrected chi connectivity index (χ4v) is 2.56. The Balaban J connectivity index is 1.62. The molecule has 0 fully saturated rings. The maximum absolute atomic E-state index is 11.5. The van der Waals surface area contributed by atoms with Gasteiger partial charge in [-0.1, -0.05) is 35.9 Å². The van der Waals surface area contributed by atoms with E-state index in [4.69, 9.17) is 21.1 Å². The SMILES string of the molecule is COC(=O)c1ccc(COc2ccccc2/C=N/Nc2ccc(Cl)cc2)cc1. The van der Waals surface area contributed by atoms with Gasteiger partial charge in [0.05, 0.1) is 24.6 Å². The lowest BCUT2D eigenvalue weighted by atomic mass is 10.1. The number of nitrogens with one attached hydrogen (secondary N) is 1. The van der Waals surface area contributed by atoms with E-state index in [9.17, 15) is 4.79 Å². The minimum absolute atomic E-state index is 0.359. The van der Waals surface area contributed by atoms with Gasteiger partial charge in [0.2, 0.25) is 0 Å². The summed E-state index contributed by atoms with van der Waals surface area (Å²) in [6.07, 6.45) is 1.70. The molecule has 0 aromatic heterocycles. The maximum Gasteiger partial charge on any atom is 0.337 e. The molecule has 0 spiro atoms. The number of hydrazone groups is 1. The summed E-state index contributed by atoms with van der Waals surface area (Å²) in [5.41, 5.74) is 6.09. The van der Waals surface area contributed by atoms with E-state index in [0.29, 0.717) is 22.9 Å². The molecule has 0 saturated carbocycles. The molecule has 0 saturated heterocycles. The first-order chi connectivity index (χ1) is 13.7. The van der Waals surface area contributed by atoms with Gasteiger partial charge < -0.3 is 9.47 Å². The van der Waals surface area contributed by atoms with Crippen molar-refractivity contribution in [1.82, 2.24) is 0 Å². The van der Waals surface area contributed by atoms with Crippen molar-refractivity contribution in [3.05, 3.63) is 94.5 Å². The zero-order chi connectivity index (χ0) is 19.8. The van der Waals surface area contributed by atoms with Crippen LogP contribution in [-0.2, 0) is 11.3 Å². The summed E-state index contributed by atoms with van der Waals surface area (Å²) in [5.74, 6) is 0.350. The topological polar surface area (TPSA) is 59.9 Å². The van der Waals surface area contributed by atoms with Crippen LogP contribution in [0, 0.1) is 0 Å². The van der Waals surface area contributed by atoms with Crippen molar-refractivity contribution >= 4 is 29.5 Å². The van der Waals surface area contributed by atoms with E-state index >= 15 is 0 Å². The van der Waals surface area contributed by atoms with E-state index in [-0.39, 0.29) is 5.97 Å². The van der Waals surface area contributed by atoms with Gasteiger partial charge in [-0.05, 0) is 54.1 Å². The Labute approximate surface area is 168 Å². The predicted octanol–water partition coefficient (Wildman–Crippen LogP) is 5.15. The van der Waals surface area contributed by atoms with Gasteiger partial charge in [0, 0.05) is 10.6 Å². The number of nitrogens with zero attached hydrogens (tertiary/aromatic N) is 1. The third kappa shape index (κ3) is 5.34. The number of ether oxygens (including phenoxy) is 2. The summed E-state index contributed by atoms with van der Waals surface area (Å²) < 4.78 is 10.6. The molecule has 3 rings (SSSR count). The van der Waals surface area contributed by atoms with Crippen LogP contribution in [0.2, 0.25) is 5.02 Å². The molecule has 0 amide bonds. The number of carbonyl (C=O) groups is 1. The zero-order valence-electron chi connectivity index (χ0n) is 15.3. The van der Waals surface area contributed by atoms with Gasteiger partial charge in [-0.2, -0.15) is 5.10 Å². The molecule has 28 heavy (non-hydrogen) atoms. The number of benzene rings is 3. The Morgan fingerprint density at radius 1 is 1.04 bits per heavy atom. The van der Waals surface area contributed by atoms with Gasteiger partial charge in [-0.25, -0.2) is 4.79 Å². The second-order valence-electron chi connectivity index (χ2n) is 5.89. The lowest BCUT2D eigenvalue weighted by molar-refractivity contribution is 0.0600. The van der Waals surface area contributed by atoms with Gasteiger partial charge in [0.25, 0.3) is 0 Å². The number of para-hydroxylation sites is 1. The molecule has 0 unspecified atom stereocenters. The largest absolute Gasteiger partial charge is 0.488 e. The van der Waals surface area contributed by atoms with E-state index in [1.165, 1.54) is 7.11 Å². The Morgan fingerprint density at radius 3 is 2.46 bits per heavy atom. The smallest absolute Gasteiger partial charge is 0.337 e. The highest BCUT2D eigenvalue weighted by Crippen LogP contribution is 2.19. The molecule has 0 atom stereocenters. The summed E-state index contributed by atoms with van der Waals surface area (Å²) in [5, 5.41) is 4.92. The van der Waals surface area contributed by atoms with Gasteiger partial charge in [0.15, 0.2) is 0 Å². The van der Waals surface area contributed by atoms with Gasteiger partial charge >= 0.3 is 5.97 Å². The second-order valence-corrected chi connectivity index (χ2v) is 6.33. The lowest BCUT2D eigenvalue weighted by Gasteiger charge is -2.09. The standard InChI is InChI=1S/C22H19ClN2O3/c1-27-22(26)17-8-6-16(7-9-17)15-28-21-5-3-2-4-18(21)14-24-25-20-12-10-19(23)11-13-20/h2-14,25H,15H2,1H3/b24-14+. The fourth-order valence-electron chi connectivity index (χ4n) is 2.44. The van der Waals surface area contributed by atoms with E-state index in [1.54, 1.807) is 30.5 Å². The third-order valence-electron chi connectivity index (χ3n) is 3.93. The van der Waals surface area contributed by atoms with Crippen LogP contribution in [0.1, 0.15) is 21.5 Å². The van der Waals surface area contributed by atoms with Crippen molar-refractivity contribution in [1.29, 1.82) is 0 Å². The van der Waals surface area contributed by atoms with Crippen LogP contribution in [-0.4, -0.2) is 19.3 Å². The summed E-state index contributed by atoms with van der Waals surface area (Å²) in [7, 11) is 1.36. The van der Waals surface area contributed by atoms with Crippen molar-refractivity contribution in [3.8, 4) is 5.75 Å². The average Bonchev–Trinajstić information content (AvgIpc) is 2.74. The molecule has 0 aliphatic carbocycles. The Kier molecular flexibility index (Phi) is 6.65. The van der Waals surface area contributed by atoms with Crippen molar-refractivity contribution in [2.75, 3.05) is 12.5 Å². The molecule has 0 heterocycles. The fraction of sp³-hybridized carbons (Fsp3) is 0.0909. The van der Waals surface area contributed by atoms with Crippen molar-refractivity contribution in [2.45, 2.75) is 6.61 Å². The number of methoxy groups -OCH3 is 1. The third-order valence-corrected chi connectivity index (χ3v) is 4.18. The first-order valence-corrected chi connectivity index (χ1v) is 8.97.